The van der Waals surface area contributed by atoms with Gasteiger partial charge in [-0.25, -0.2) is 0 Å². The van der Waals surface area contributed by atoms with Crippen LogP contribution in [-0.2, 0) is 6.54 Å². The molecule has 1 amide bonds. The maximum absolute atomic E-state index is 12.9. The molecule has 0 atom stereocenters. The highest BCUT2D eigenvalue weighted by atomic mass is 16.6. The first-order valence-corrected chi connectivity index (χ1v) is 8.94. The van der Waals surface area contributed by atoms with Gasteiger partial charge in [-0.1, -0.05) is 35.0 Å². The van der Waals surface area contributed by atoms with Gasteiger partial charge in [-0.05, 0) is 32.0 Å². The third-order valence-electron chi connectivity index (χ3n) is 4.35. The highest BCUT2D eigenvalue weighted by Gasteiger charge is 2.21. The van der Waals surface area contributed by atoms with Gasteiger partial charge in [-0.15, -0.1) is 6.58 Å². The van der Waals surface area contributed by atoms with E-state index < -0.39 is 4.92 Å². The van der Waals surface area contributed by atoms with Crippen LogP contribution >= 0.6 is 0 Å². The predicted octanol–water partition coefficient (Wildman–Crippen LogP) is 4.09. The number of nitro groups is 1. The second kappa shape index (κ2) is 8.47. The van der Waals surface area contributed by atoms with Gasteiger partial charge in [0.1, 0.15) is 6.54 Å². The van der Waals surface area contributed by atoms with Crippen LogP contribution in [0.1, 0.15) is 27.4 Å². The van der Waals surface area contributed by atoms with Gasteiger partial charge in [0.25, 0.3) is 11.6 Å². The van der Waals surface area contributed by atoms with Crippen LogP contribution in [0.4, 0.5) is 5.69 Å². The summed E-state index contributed by atoms with van der Waals surface area (Å²) in [7, 11) is 0. The summed E-state index contributed by atoms with van der Waals surface area (Å²) in [6, 6.07) is 12.0. The normalized spacial score (nSPS) is 10.6. The first-order valence-electron chi connectivity index (χ1n) is 8.94. The number of carbonyl (C=O) groups excluding carboxylic acids is 1. The number of hydrogen-bond acceptors (Lipinski definition) is 6. The lowest BCUT2D eigenvalue weighted by molar-refractivity contribution is -0.385. The zero-order valence-electron chi connectivity index (χ0n) is 16.2. The fourth-order valence-electron chi connectivity index (χ4n) is 2.93. The molecule has 3 rings (SSSR count). The maximum Gasteiger partial charge on any atom is 0.272 e. The monoisotopic (exact) mass is 392 g/mol. The van der Waals surface area contributed by atoms with E-state index in [0.717, 1.165) is 11.1 Å². The second-order valence-electron chi connectivity index (χ2n) is 6.61. The van der Waals surface area contributed by atoms with Crippen LogP contribution in [0.5, 0.6) is 0 Å². The molecule has 3 aromatic rings. The fourth-order valence-corrected chi connectivity index (χ4v) is 2.93. The van der Waals surface area contributed by atoms with Crippen molar-refractivity contribution in [2.45, 2.75) is 20.4 Å². The Kier molecular flexibility index (Phi) is 5.82. The molecule has 0 aliphatic heterocycles. The van der Waals surface area contributed by atoms with Crippen molar-refractivity contribution in [3.63, 3.8) is 0 Å². The van der Waals surface area contributed by atoms with E-state index in [4.69, 9.17) is 4.52 Å². The highest BCUT2D eigenvalue weighted by Crippen LogP contribution is 2.21. The van der Waals surface area contributed by atoms with E-state index in [-0.39, 0.29) is 30.6 Å². The standard InChI is InChI=1S/C21H20N4O4/c1-4-10-24(21(26)17-8-9-18(25(27)28)15(3)12-17)13-19-22-20(23-29-19)16-7-5-6-14(2)11-16/h4-9,11-12H,1,10,13H2,2-3H3. The number of aromatic nitrogens is 2. The Bertz CT molecular complexity index is 1070. The van der Waals surface area contributed by atoms with E-state index in [1.165, 1.54) is 23.1 Å². The number of benzene rings is 2. The van der Waals surface area contributed by atoms with E-state index in [1.54, 1.807) is 13.0 Å². The van der Waals surface area contributed by atoms with Gasteiger partial charge in [0, 0.05) is 29.3 Å². The summed E-state index contributed by atoms with van der Waals surface area (Å²) in [6.45, 7) is 7.61. The lowest BCUT2D eigenvalue weighted by atomic mass is 10.1. The first-order chi connectivity index (χ1) is 13.9. The zero-order valence-corrected chi connectivity index (χ0v) is 16.2. The van der Waals surface area contributed by atoms with Crippen molar-refractivity contribution < 1.29 is 14.2 Å². The minimum atomic E-state index is -0.476. The van der Waals surface area contributed by atoms with Gasteiger partial charge >= 0.3 is 0 Å². The topological polar surface area (TPSA) is 102 Å². The average Bonchev–Trinajstić information content (AvgIpc) is 3.15. The number of carbonyl (C=O) groups is 1. The van der Waals surface area contributed by atoms with Crippen LogP contribution in [0.2, 0.25) is 0 Å². The van der Waals surface area contributed by atoms with E-state index in [9.17, 15) is 14.9 Å². The minimum Gasteiger partial charge on any atom is -0.337 e. The molecule has 0 saturated heterocycles. The molecular weight excluding hydrogens is 372 g/mol. The van der Waals surface area contributed by atoms with Crippen molar-refractivity contribution >= 4 is 11.6 Å². The summed E-state index contributed by atoms with van der Waals surface area (Å²) in [4.78, 5) is 29.3. The lowest BCUT2D eigenvalue weighted by Crippen LogP contribution is -2.31. The molecule has 8 nitrogen and oxygen atoms in total. The molecule has 0 spiro atoms. The average molecular weight is 392 g/mol. The predicted molar refractivity (Wildman–Crippen MR) is 107 cm³/mol. The molecule has 2 aromatic carbocycles. The molecular formula is C21H20N4O4. The summed E-state index contributed by atoms with van der Waals surface area (Å²) in [5.74, 6) is 0.425. The van der Waals surface area contributed by atoms with Crippen molar-refractivity contribution in [2.75, 3.05) is 6.54 Å². The smallest absolute Gasteiger partial charge is 0.272 e. The Morgan fingerprint density at radius 1 is 1.28 bits per heavy atom. The molecule has 0 saturated carbocycles. The quantitative estimate of drug-likeness (QED) is 0.341. The van der Waals surface area contributed by atoms with Crippen LogP contribution in [0.3, 0.4) is 0 Å². The number of amides is 1. The Balaban J connectivity index is 1.82. The van der Waals surface area contributed by atoms with Crippen molar-refractivity contribution in [3.05, 3.63) is 87.8 Å². The molecule has 0 N–H and O–H groups in total. The summed E-state index contributed by atoms with van der Waals surface area (Å²) < 4.78 is 5.32. The van der Waals surface area contributed by atoms with Gasteiger partial charge in [0.15, 0.2) is 0 Å². The third-order valence-corrected chi connectivity index (χ3v) is 4.35. The molecule has 0 aliphatic rings. The highest BCUT2D eigenvalue weighted by molar-refractivity contribution is 5.94. The molecule has 148 valence electrons. The lowest BCUT2D eigenvalue weighted by Gasteiger charge is -2.19. The second-order valence-corrected chi connectivity index (χ2v) is 6.61. The number of rotatable bonds is 7. The van der Waals surface area contributed by atoms with Crippen LogP contribution in [-0.4, -0.2) is 32.4 Å². The molecule has 1 aromatic heterocycles. The largest absolute Gasteiger partial charge is 0.337 e. The van der Waals surface area contributed by atoms with Crippen molar-refractivity contribution in [1.82, 2.24) is 15.0 Å². The molecule has 1 heterocycles. The van der Waals surface area contributed by atoms with E-state index in [1.807, 2.05) is 31.2 Å². The Labute approximate surface area is 167 Å². The molecule has 0 aliphatic carbocycles. The van der Waals surface area contributed by atoms with Gasteiger partial charge in [-0.3, -0.25) is 14.9 Å². The minimum absolute atomic E-state index is 0.0310. The summed E-state index contributed by atoms with van der Waals surface area (Å²) >= 11 is 0. The van der Waals surface area contributed by atoms with Gasteiger partial charge < -0.3 is 9.42 Å². The Morgan fingerprint density at radius 3 is 2.72 bits per heavy atom. The summed E-state index contributed by atoms with van der Waals surface area (Å²) in [5.41, 5.74) is 2.63. The fraction of sp³-hybridized carbons (Fsp3) is 0.190. The summed E-state index contributed by atoms with van der Waals surface area (Å²) in [5, 5.41) is 15.0. The molecule has 0 radical (unpaired) electrons. The number of nitro benzene ring substituents is 1. The number of hydrogen-bond donors (Lipinski definition) is 0. The number of aryl methyl sites for hydroxylation is 2. The van der Waals surface area contributed by atoms with Crippen LogP contribution < -0.4 is 0 Å². The van der Waals surface area contributed by atoms with E-state index in [0.29, 0.717) is 17.0 Å². The van der Waals surface area contributed by atoms with E-state index in [2.05, 4.69) is 16.7 Å². The Morgan fingerprint density at radius 2 is 2.07 bits per heavy atom. The van der Waals surface area contributed by atoms with Crippen LogP contribution in [0, 0.1) is 24.0 Å². The molecule has 0 bridgehead atoms. The molecule has 29 heavy (non-hydrogen) atoms. The van der Waals surface area contributed by atoms with Crippen molar-refractivity contribution in [1.29, 1.82) is 0 Å². The third kappa shape index (κ3) is 4.55. The Hall–Kier alpha value is -3.81. The molecule has 8 heteroatoms. The zero-order chi connectivity index (χ0) is 21.0. The van der Waals surface area contributed by atoms with Gasteiger partial charge in [0.2, 0.25) is 11.7 Å². The van der Waals surface area contributed by atoms with Gasteiger partial charge in [0.05, 0.1) is 4.92 Å². The SMILES string of the molecule is C=CCN(Cc1nc(-c2cccc(C)c2)no1)C(=O)c1ccc([N+](=O)[O-])c(C)c1. The van der Waals surface area contributed by atoms with Crippen molar-refractivity contribution in [2.24, 2.45) is 0 Å². The summed E-state index contributed by atoms with van der Waals surface area (Å²) in [6.07, 6.45) is 1.59. The maximum atomic E-state index is 12.9. The molecule has 0 unspecified atom stereocenters. The van der Waals surface area contributed by atoms with Gasteiger partial charge in [-0.2, -0.15) is 4.98 Å². The van der Waals surface area contributed by atoms with Crippen molar-refractivity contribution in [3.8, 4) is 11.4 Å². The first kappa shape index (κ1) is 19.9. The number of nitrogens with zero attached hydrogens (tertiary/aromatic N) is 4. The molecule has 0 fully saturated rings. The van der Waals surface area contributed by atoms with Crippen LogP contribution in [0.15, 0.2) is 59.6 Å². The van der Waals surface area contributed by atoms with E-state index >= 15 is 0 Å². The van der Waals surface area contributed by atoms with Crippen LogP contribution in [0.25, 0.3) is 11.4 Å².